The highest BCUT2D eigenvalue weighted by atomic mass is 35.5. The Kier molecular flexibility index (Phi) is 2.79. The number of fused-ring (bicyclic) bond motifs is 1. The molecule has 0 spiro atoms. The van der Waals surface area contributed by atoms with Gasteiger partial charge in [-0.05, 0) is 28.5 Å². The van der Waals surface area contributed by atoms with Crippen molar-refractivity contribution in [1.29, 1.82) is 0 Å². The van der Waals surface area contributed by atoms with Crippen LogP contribution in [0.25, 0.3) is 22.0 Å². The van der Waals surface area contributed by atoms with E-state index < -0.39 is 0 Å². The van der Waals surface area contributed by atoms with Gasteiger partial charge in [0, 0.05) is 10.9 Å². The molecular weight excluding hydrogens is 273 g/mol. The van der Waals surface area contributed by atoms with E-state index in [0.717, 1.165) is 22.0 Å². The van der Waals surface area contributed by atoms with E-state index in [4.69, 9.17) is 23.2 Å². The van der Waals surface area contributed by atoms with Crippen LogP contribution in [0.5, 0.6) is 0 Å². The lowest BCUT2D eigenvalue weighted by molar-refractivity contribution is 1.41. The lowest BCUT2D eigenvalue weighted by Gasteiger charge is -2.08. The zero-order valence-corrected chi connectivity index (χ0v) is 11.0. The molecule has 0 saturated carbocycles. The molecule has 0 amide bonds. The quantitative estimate of drug-likeness (QED) is 0.553. The number of aromatic nitrogens is 1. The van der Waals surface area contributed by atoms with Gasteiger partial charge in [-0.2, -0.15) is 11.3 Å². The number of hydrogen-bond donors (Lipinski definition) is 0. The molecule has 0 aliphatic carbocycles. The fourth-order valence-electron chi connectivity index (χ4n) is 1.80. The first kappa shape index (κ1) is 11.0. The summed E-state index contributed by atoms with van der Waals surface area (Å²) in [6.45, 7) is 0. The number of rotatable bonds is 1. The van der Waals surface area contributed by atoms with E-state index >= 15 is 0 Å². The number of para-hydroxylation sites is 1. The third-order valence-electron chi connectivity index (χ3n) is 2.59. The van der Waals surface area contributed by atoms with E-state index in [-0.39, 0.29) is 0 Å². The Bertz CT molecular complexity index is 677. The molecule has 0 radical (unpaired) electrons. The van der Waals surface area contributed by atoms with Crippen molar-refractivity contribution in [3.8, 4) is 11.1 Å². The van der Waals surface area contributed by atoms with Crippen LogP contribution < -0.4 is 0 Å². The van der Waals surface area contributed by atoms with Crippen LogP contribution >= 0.6 is 34.5 Å². The van der Waals surface area contributed by atoms with E-state index in [2.05, 4.69) is 4.98 Å². The summed E-state index contributed by atoms with van der Waals surface area (Å²) in [6, 6.07) is 9.73. The first-order chi connectivity index (χ1) is 8.27. The molecule has 2 heterocycles. The van der Waals surface area contributed by atoms with Gasteiger partial charge in [0.1, 0.15) is 5.15 Å². The molecule has 0 aliphatic rings. The maximum absolute atomic E-state index is 6.42. The Morgan fingerprint density at radius 2 is 1.88 bits per heavy atom. The van der Waals surface area contributed by atoms with Gasteiger partial charge < -0.3 is 0 Å². The highest BCUT2D eigenvalue weighted by Gasteiger charge is 2.13. The van der Waals surface area contributed by atoms with Crippen molar-refractivity contribution >= 4 is 45.4 Å². The van der Waals surface area contributed by atoms with Crippen molar-refractivity contribution in [3.05, 3.63) is 51.3 Å². The van der Waals surface area contributed by atoms with Gasteiger partial charge in [0.25, 0.3) is 0 Å². The minimum atomic E-state index is 0.451. The maximum Gasteiger partial charge on any atom is 0.139 e. The molecule has 2 aromatic heterocycles. The van der Waals surface area contributed by atoms with E-state index in [1.54, 1.807) is 11.3 Å². The number of pyridine rings is 1. The van der Waals surface area contributed by atoms with Gasteiger partial charge in [-0.25, -0.2) is 4.98 Å². The average Bonchev–Trinajstić information content (AvgIpc) is 2.83. The van der Waals surface area contributed by atoms with E-state index in [1.807, 2.05) is 41.1 Å². The van der Waals surface area contributed by atoms with E-state index in [0.29, 0.717) is 10.2 Å². The second-order valence-corrected chi connectivity index (χ2v) is 5.14. The van der Waals surface area contributed by atoms with Gasteiger partial charge in [0.15, 0.2) is 0 Å². The molecule has 0 bridgehead atoms. The largest absolute Gasteiger partial charge is 0.235 e. The van der Waals surface area contributed by atoms with Crippen molar-refractivity contribution in [2.75, 3.05) is 0 Å². The smallest absolute Gasteiger partial charge is 0.139 e. The summed E-state index contributed by atoms with van der Waals surface area (Å²) < 4.78 is 0. The number of nitrogens with zero attached hydrogens (tertiary/aromatic N) is 1. The van der Waals surface area contributed by atoms with Crippen LogP contribution in [-0.2, 0) is 0 Å². The van der Waals surface area contributed by atoms with Crippen LogP contribution in [-0.4, -0.2) is 4.98 Å². The van der Waals surface area contributed by atoms with Crippen LogP contribution in [0.1, 0.15) is 0 Å². The zero-order valence-electron chi connectivity index (χ0n) is 8.65. The van der Waals surface area contributed by atoms with Gasteiger partial charge in [-0.3, -0.25) is 0 Å². The molecule has 0 N–H and O–H groups in total. The number of halogens is 2. The molecule has 0 atom stereocenters. The fourth-order valence-corrected chi connectivity index (χ4v) is 3.14. The Hall–Kier alpha value is -1.09. The summed E-state index contributed by atoms with van der Waals surface area (Å²) in [5.74, 6) is 0. The van der Waals surface area contributed by atoms with Gasteiger partial charge in [-0.15, -0.1) is 0 Å². The van der Waals surface area contributed by atoms with Crippen molar-refractivity contribution in [3.63, 3.8) is 0 Å². The monoisotopic (exact) mass is 279 g/mol. The van der Waals surface area contributed by atoms with Gasteiger partial charge >= 0.3 is 0 Å². The van der Waals surface area contributed by atoms with Crippen LogP contribution in [0, 0.1) is 0 Å². The third kappa shape index (κ3) is 1.82. The third-order valence-corrected chi connectivity index (χ3v) is 3.94. The minimum Gasteiger partial charge on any atom is -0.235 e. The number of hydrogen-bond acceptors (Lipinski definition) is 2. The van der Waals surface area contributed by atoms with Crippen LogP contribution in [0.4, 0.5) is 0 Å². The number of thiophene rings is 1. The SMILES string of the molecule is Clc1nc2ccccc2c(Cl)c1-c1ccsc1. The highest BCUT2D eigenvalue weighted by molar-refractivity contribution is 7.08. The van der Waals surface area contributed by atoms with Crippen LogP contribution in [0.15, 0.2) is 41.1 Å². The summed E-state index contributed by atoms with van der Waals surface area (Å²) in [6.07, 6.45) is 0. The summed E-state index contributed by atoms with van der Waals surface area (Å²) in [5, 5.41) is 6.06. The molecule has 0 aliphatic heterocycles. The molecule has 3 aromatic rings. The minimum absolute atomic E-state index is 0.451. The summed E-state index contributed by atoms with van der Waals surface area (Å²) in [5.41, 5.74) is 2.65. The average molecular weight is 280 g/mol. The molecule has 3 rings (SSSR count). The normalized spacial score (nSPS) is 10.9. The lowest BCUT2D eigenvalue weighted by atomic mass is 10.1. The zero-order chi connectivity index (χ0) is 11.8. The molecule has 1 nitrogen and oxygen atoms in total. The Morgan fingerprint density at radius 1 is 1.06 bits per heavy atom. The topological polar surface area (TPSA) is 12.9 Å². The second kappa shape index (κ2) is 4.30. The van der Waals surface area contributed by atoms with Crippen molar-refractivity contribution in [2.24, 2.45) is 0 Å². The summed E-state index contributed by atoms with van der Waals surface area (Å²) >= 11 is 14.2. The summed E-state index contributed by atoms with van der Waals surface area (Å²) in [7, 11) is 0. The lowest BCUT2D eigenvalue weighted by Crippen LogP contribution is -1.87. The second-order valence-electron chi connectivity index (χ2n) is 3.62. The molecule has 0 fully saturated rings. The highest BCUT2D eigenvalue weighted by Crippen LogP contribution is 2.38. The molecular formula is C13H7Cl2NS. The predicted octanol–water partition coefficient (Wildman–Crippen LogP) is 5.27. The molecule has 4 heteroatoms. The van der Waals surface area contributed by atoms with Crippen molar-refractivity contribution in [1.82, 2.24) is 4.98 Å². The maximum atomic E-state index is 6.42. The standard InChI is InChI=1S/C13H7Cl2NS/c14-12-9-3-1-2-4-10(9)16-13(15)11(12)8-5-6-17-7-8/h1-7H. The molecule has 0 saturated heterocycles. The Balaban J connectivity index is 2.39. The predicted molar refractivity (Wildman–Crippen MR) is 75.1 cm³/mol. The Morgan fingerprint density at radius 3 is 2.65 bits per heavy atom. The Labute approximate surface area is 113 Å². The van der Waals surface area contributed by atoms with Crippen molar-refractivity contribution in [2.45, 2.75) is 0 Å². The first-order valence-corrected chi connectivity index (χ1v) is 6.73. The molecule has 17 heavy (non-hydrogen) atoms. The summed E-state index contributed by atoms with van der Waals surface area (Å²) in [4.78, 5) is 4.38. The molecule has 1 aromatic carbocycles. The van der Waals surface area contributed by atoms with Gasteiger partial charge in [0.05, 0.1) is 10.5 Å². The van der Waals surface area contributed by atoms with Crippen molar-refractivity contribution < 1.29 is 0 Å². The van der Waals surface area contributed by atoms with E-state index in [9.17, 15) is 0 Å². The van der Waals surface area contributed by atoms with Crippen LogP contribution in [0.3, 0.4) is 0 Å². The molecule has 0 unspecified atom stereocenters. The fraction of sp³-hybridized carbons (Fsp3) is 0. The van der Waals surface area contributed by atoms with Gasteiger partial charge in [0.2, 0.25) is 0 Å². The van der Waals surface area contributed by atoms with Gasteiger partial charge in [-0.1, -0.05) is 41.4 Å². The van der Waals surface area contributed by atoms with E-state index in [1.165, 1.54) is 0 Å². The molecule has 84 valence electrons. The number of benzene rings is 1. The van der Waals surface area contributed by atoms with Crippen LogP contribution in [0.2, 0.25) is 10.2 Å². The first-order valence-electron chi connectivity index (χ1n) is 5.03.